The SMILES string of the molecule is CNC(=O)C(=O)NC[C@@H](c1cccnc1)S(=O)(=O)c1ccc(C)cc1. The highest BCUT2D eigenvalue weighted by molar-refractivity contribution is 7.91. The number of aryl methyl sites for hydroxylation is 1. The van der Waals surface area contributed by atoms with Crippen LogP contribution >= 0.6 is 0 Å². The smallest absolute Gasteiger partial charge is 0.309 e. The average Bonchev–Trinajstić information content (AvgIpc) is 2.62. The molecule has 1 aromatic heterocycles. The molecule has 2 aromatic rings. The van der Waals surface area contributed by atoms with Crippen LogP contribution in [0.15, 0.2) is 53.7 Å². The Morgan fingerprint density at radius 3 is 2.36 bits per heavy atom. The van der Waals surface area contributed by atoms with E-state index >= 15 is 0 Å². The van der Waals surface area contributed by atoms with E-state index < -0.39 is 26.9 Å². The lowest BCUT2D eigenvalue weighted by atomic mass is 10.2. The van der Waals surface area contributed by atoms with Gasteiger partial charge in [-0.3, -0.25) is 14.6 Å². The van der Waals surface area contributed by atoms with Gasteiger partial charge in [0.15, 0.2) is 9.84 Å². The minimum Gasteiger partial charge on any atom is -0.351 e. The monoisotopic (exact) mass is 361 g/mol. The van der Waals surface area contributed by atoms with Crippen LogP contribution in [0.2, 0.25) is 0 Å². The van der Waals surface area contributed by atoms with E-state index in [-0.39, 0.29) is 11.4 Å². The third-order valence-electron chi connectivity index (χ3n) is 3.66. The van der Waals surface area contributed by atoms with Crippen LogP contribution in [0.1, 0.15) is 16.4 Å². The second-order valence-electron chi connectivity index (χ2n) is 5.42. The van der Waals surface area contributed by atoms with E-state index in [2.05, 4.69) is 15.6 Å². The third kappa shape index (κ3) is 4.42. The van der Waals surface area contributed by atoms with Gasteiger partial charge in [-0.2, -0.15) is 0 Å². The van der Waals surface area contributed by atoms with Crippen LogP contribution in [0.3, 0.4) is 0 Å². The predicted molar refractivity (Wildman–Crippen MR) is 92.4 cm³/mol. The maximum absolute atomic E-state index is 13.0. The van der Waals surface area contributed by atoms with Crippen molar-refractivity contribution in [3.05, 3.63) is 59.9 Å². The molecule has 1 heterocycles. The molecule has 0 saturated carbocycles. The summed E-state index contributed by atoms with van der Waals surface area (Å²) in [6.07, 6.45) is 2.96. The molecule has 0 aliphatic carbocycles. The van der Waals surface area contributed by atoms with Gasteiger partial charge in [0.05, 0.1) is 4.90 Å². The Balaban J connectivity index is 2.36. The van der Waals surface area contributed by atoms with Crippen LogP contribution in [0.5, 0.6) is 0 Å². The molecule has 0 aliphatic rings. The van der Waals surface area contributed by atoms with Gasteiger partial charge < -0.3 is 10.6 Å². The molecule has 8 heteroatoms. The second-order valence-corrected chi connectivity index (χ2v) is 7.55. The number of sulfone groups is 1. The standard InChI is InChI=1S/C17H19N3O4S/c1-12-5-7-14(8-6-12)25(23,24)15(13-4-3-9-19-10-13)11-20-17(22)16(21)18-2/h3-10,15H,11H2,1-2H3,(H,18,21)(H,20,22)/t15-/m0/s1. The molecule has 0 aliphatic heterocycles. The van der Waals surface area contributed by atoms with Gasteiger partial charge in [-0.25, -0.2) is 8.42 Å². The molecule has 2 N–H and O–H groups in total. The van der Waals surface area contributed by atoms with E-state index in [0.717, 1.165) is 5.56 Å². The quantitative estimate of drug-likeness (QED) is 0.765. The van der Waals surface area contributed by atoms with E-state index in [1.807, 2.05) is 6.92 Å². The van der Waals surface area contributed by atoms with Gasteiger partial charge in [0.25, 0.3) is 0 Å². The van der Waals surface area contributed by atoms with Gasteiger partial charge in [0.2, 0.25) is 0 Å². The highest BCUT2D eigenvalue weighted by Crippen LogP contribution is 2.28. The fraction of sp³-hybridized carbons (Fsp3) is 0.235. The van der Waals surface area contributed by atoms with E-state index in [1.165, 1.54) is 31.6 Å². The molecular formula is C17H19N3O4S. The topological polar surface area (TPSA) is 105 Å². The van der Waals surface area contributed by atoms with Crippen molar-refractivity contribution in [1.82, 2.24) is 15.6 Å². The first-order valence-corrected chi connectivity index (χ1v) is 9.11. The molecule has 7 nitrogen and oxygen atoms in total. The van der Waals surface area contributed by atoms with Crippen molar-refractivity contribution < 1.29 is 18.0 Å². The fourth-order valence-electron chi connectivity index (χ4n) is 2.24. The van der Waals surface area contributed by atoms with Crippen molar-refractivity contribution in [2.75, 3.05) is 13.6 Å². The van der Waals surface area contributed by atoms with Crippen LogP contribution in [0.25, 0.3) is 0 Å². The number of hydrogen-bond acceptors (Lipinski definition) is 5. The maximum Gasteiger partial charge on any atom is 0.309 e. The van der Waals surface area contributed by atoms with Crippen molar-refractivity contribution in [3.63, 3.8) is 0 Å². The summed E-state index contributed by atoms with van der Waals surface area (Å²) in [4.78, 5) is 27.1. The number of likely N-dealkylation sites (N-methyl/N-ethyl adjacent to an activating group) is 1. The highest BCUT2D eigenvalue weighted by Gasteiger charge is 2.30. The molecule has 0 radical (unpaired) electrons. The average molecular weight is 361 g/mol. The lowest BCUT2D eigenvalue weighted by Gasteiger charge is -2.18. The molecule has 25 heavy (non-hydrogen) atoms. The van der Waals surface area contributed by atoms with Crippen LogP contribution in [0, 0.1) is 6.92 Å². The van der Waals surface area contributed by atoms with E-state index in [4.69, 9.17) is 0 Å². The molecule has 2 amide bonds. The lowest BCUT2D eigenvalue weighted by Crippen LogP contribution is -2.41. The summed E-state index contributed by atoms with van der Waals surface area (Å²) in [7, 11) is -2.46. The summed E-state index contributed by atoms with van der Waals surface area (Å²) in [5.41, 5.74) is 1.37. The van der Waals surface area contributed by atoms with Crippen molar-refractivity contribution in [1.29, 1.82) is 0 Å². The van der Waals surface area contributed by atoms with Gasteiger partial charge in [0, 0.05) is 26.0 Å². The number of hydrogen-bond donors (Lipinski definition) is 2. The van der Waals surface area contributed by atoms with Gasteiger partial charge in [-0.15, -0.1) is 0 Å². The number of carbonyl (C=O) groups excluding carboxylic acids is 2. The number of aromatic nitrogens is 1. The first-order chi connectivity index (χ1) is 11.9. The Bertz CT molecular complexity index is 849. The summed E-state index contributed by atoms with van der Waals surface area (Å²) in [5.74, 6) is -1.73. The Hall–Kier alpha value is -2.74. The number of amides is 2. The van der Waals surface area contributed by atoms with Crippen molar-refractivity contribution in [2.24, 2.45) is 0 Å². The Labute approximate surface area is 146 Å². The fourth-order valence-corrected chi connectivity index (χ4v) is 3.89. The van der Waals surface area contributed by atoms with Gasteiger partial charge >= 0.3 is 11.8 Å². The van der Waals surface area contributed by atoms with Gasteiger partial charge in [0.1, 0.15) is 5.25 Å². The molecule has 0 fully saturated rings. The summed E-state index contributed by atoms with van der Waals surface area (Å²) >= 11 is 0. The molecule has 1 aromatic carbocycles. The second kappa shape index (κ2) is 7.89. The molecular weight excluding hydrogens is 342 g/mol. The largest absolute Gasteiger partial charge is 0.351 e. The van der Waals surface area contributed by atoms with Gasteiger partial charge in [-0.1, -0.05) is 23.8 Å². The molecule has 132 valence electrons. The molecule has 2 rings (SSSR count). The first-order valence-electron chi connectivity index (χ1n) is 7.56. The zero-order valence-corrected chi connectivity index (χ0v) is 14.7. The summed E-state index contributed by atoms with van der Waals surface area (Å²) in [6, 6.07) is 9.69. The highest BCUT2D eigenvalue weighted by atomic mass is 32.2. The Morgan fingerprint density at radius 2 is 1.80 bits per heavy atom. The minimum absolute atomic E-state index is 0.140. The first kappa shape index (κ1) is 18.6. The van der Waals surface area contributed by atoms with Crippen LogP contribution in [-0.2, 0) is 19.4 Å². The number of nitrogens with zero attached hydrogens (tertiary/aromatic N) is 1. The van der Waals surface area contributed by atoms with Crippen molar-refractivity contribution >= 4 is 21.7 Å². The van der Waals surface area contributed by atoms with Crippen LogP contribution < -0.4 is 10.6 Å². The molecule has 0 bridgehead atoms. The normalized spacial score (nSPS) is 12.2. The summed E-state index contributed by atoms with van der Waals surface area (Å²) < 4.78 is 26.0. The zero-order chi connectivity index (χ0) is 18.4. The maximum atomic E-state index is 13.0. The number of benzene rings is 1. The molecule has 0 unspecified atom stereocenters. The van der Waals surface area contributed by atoms with Crippen LogP contribution in [-0.4, -0.2) is 38.8 Å². The van der Waals surface area contributed by atoms with E-state index in [9.17, 15) is 18.0 Å². The van der Waals surface area contributed by atoms with E-state index in [1.54, 1.807) is 24.3 Å². The van der Waals surface area contributed by atoms with Crippen molar-refractivity contribution in [3.8, 4) is 0 Å². The summed E-state index contributed by atoms with van der Waals surface area (Å²) in [5, 5.41) is 3.50. The van der Waals surface area contributed by atoms with Crippen molar-refractivity contribution in [2.45, 2.75) is 17.1 Å². The molecule has 0 spiro atoms. The predicted octanol–water partition coefficient (Wildman–Crippen LogP) is 0.767. The molecule has 1 atom stereocenters. The van der Waals surface area contributed by atoms with E-state index in [0.29, 0.717) is 5.56 Å². The van der Waals surface area contributed by atoms with Crippen LogP contribution in [0.4, 0.5) is 0 Å². The Morgan fingerprint density at radius 1 is 1.12 bits per heavy atom. The lowest BCUT2D eigenvalue weighted by molar-refractivity contribution is -0.138. The minimum atomic E-state index is -3.79. The number of pyridine rings is 1. The third-order valence-corrected chi connectivity index (χ3v) is 5.78. The zero-order valence-electron chi connectivity index (χ0n) is 13.9. The summed E-state index contributed by atoms with van der Waals surface area (Å²) in [6.45, 7) is 1.62. The number of nitrogens with one attached hydrogen (secondary N) is 2. The van der Waals surface area contributed by atoms with Gasteiger partial charge in [-0.05, 0) is 30.7 Å². The number of carbonyl (C=O) groups is 2. The number of rotatable bonds is 5. The molecule has 0 saturated heterocycles. The Kier molecular flexibility index (Phi) is 5.87.